The maximum absolute atomic E-state index is 2.32. The molecule has 1 atom stereocenters. The summed E-state index contributed by atoms with van der Waals surface area (Å²) in [7, 11) is 4.17. The van der Waals surface area contributed by atoms with E-state index in [-0.39, 0.29) is 0 Å². The van der Waals surface area contributed by atoms with E-state index in [0.29, 0.717) is 4.75 Å². The van der Waals surface area contributed by atoms with Gasteiger partial charge in [0.25, 0.3) is 0 Å². The summed E-state index contributed by atoms with van der Waals surface area (Å²) in [5, 5.41) is 0. The number of hydrogen-bond donors (Lipinski definition) is 0. The Kier molecular flexibility index (Phi) is 12.9. The van der Waals surface area contributed by atoms with Gasteiger partial charge >= 0.3 is 0 Å². The molecule has 0 aliphatic heterocycles. The molecular weight excluding hydrogens is 268 g/mol. The van der Waals surface area contributed by atoms with E-state index in [1.807, 2.05) is 0 Å². The van der Waals surface area contributed by atoms with Crippen molar-refractivity contribution in [1.29, 1.82) is 0 Å². The van der Waals surface area contributed by atoms with E-state index in [1.54, 1.807) is 0 Å². The highest BCUT2D eigenvalue weighted by Crippen LogP contribution is 2.37. The van der Waals surface area contributed by atoms with Crippen LogP contribution < -0.4 is 0 Å². The largest absolute Gasteiger partial charge is 0.0933 e. The average Bonchev–Trinajstić information content (AvgIpc) is 2.32. The molecule has 0 amide bonds. The first kappa shape index (κ1) is 19.7. The van der Waals surface area contributed by atoms with E-state index in [0.717, 1.165) is 5.92 Å². The van der Waals surface area contributed by atoms with Crippen LogP contribution in [-0.2, 0) is 0 Å². The van der Waals surface area contributed by atoms with Gasteiger partial charge in [-0.3, -0.25) is 0 Å². The minimum absolute atomic E-state index is 0.404. The predicted octanol–water partition coefficient (Wildman–Crippen LogP) is 7.33. The standard InChI is InChI=1S/C17H36S2/c1-6-8-10-12-14-16(13-11-9-7-2)15-18-19-17(3,4)5/h16H,6-15H2,1-5H3. The van der Waals surface area contributed by atoms with Gasteiger partial charge in [0.1, 0.15) is 0 Å². The lowest BCUT2D eigenvalue weighted by molar-refractivity contribution is 0.446. The number of unbranched alkanes of at least 4 members (excludes halogenated alkanes) is 5. The Morgan fingerprint density at radius 2 is 1.32 bits per heavy atom. The second-order valence-corrected chi connectivity index (χ2v) is 9.86. The number of rotatable bonds is 12. The lowest BCUT2D eigenvalue weighted by Crippen LogP contribution is -2.08. The third-order valence-corrected chi connectivity index (χ3v) is 6.78. The first-order chi connectivity index (χ1) is 8.99. The molecule has 0 aliphatic rings. The van der Waals surface area contributed by atoms with Gasteiger partial charge in [-0.15, -0.1) is 0 Å². The van der Waals surface area contributed by atoms with Crippen LogP contribution in [0, 0.1) is 5.92 Å². The van der Waals surface area contributed by atoms with E-state index in [4.69, 9.17) is 0 Å². The van der Waals surface area contributed by atoms with Crippen molar-refractivity contribution in [2.24, 2.45) is 5.92 Å². The van der Waals surface area contributed by atoms with Crippen LogP contribution in [0.25, 0.3) is 0 Å². The summed E-state index contributed by atoms with van der Waals surface area (Å²) in [4.78, 5) is 0. The highest BCUT2D eigenvalue weighted by molar-refractivity contribution is 8.77. The molecule has 0 saturated heterocycles. The summed E-state index contributed by atoms with van der Waals surface area (Å²) in [5.74, 6) is 2.32. The molecule has 19 heavy (non-hydrogen) atoms. The summed E-state index contributed by atoms with van der Waals surface area (Å²) in [6.45, 7) is 11.6. The van der Waals surface area contributed by atoms with E-state index in [2.05, 4.69) is 56.2 Å². The van der Waals surface area contributed by atoms with Crippen molar-refractivity contribution in [3.63, 3.8) is 0 Å². The fraction of sp³-hybridized carbons (Fsp3) is 1.00. The Morgan fingerprint density at radius 3 is 1.84 bits per heavy atom. The molecule has 0 aromatic heterocycles. The molecule has 116 valence electrons. The Labute approximate surface area is 130 Å². The molecule has 0 fully saturated rings. The molecule has 0 bridgehead atoms. The summed E-state index contributed by atoms with van der Waals surface area (Å²) >= 11 is 0. The van der Waals surface area contributed by atoms with Gasteiger partial charge in [0.15, 0.2) is 0 Å². The summed E-state index contributed by atoms with van der Waals surface area (Å²) in [5.41, 5.74) is 0. The van der Waals surface area contributed by atoms with Gasteiger partial charge in [-0.05, 0) is 18.8 Å². The molecule has 0 N–H and O–H groups in total. The highest BCUT2D eigenvalue weighted by atomic mass is 33.1. The molecule has 0 aromatic rings. The van der Waals surface area contributed by atoms with Crippen LogP contribution in [0.2, 0.25) is 0 Å². The van der Waals surface area contributed by atoms with Gasteiger partial charge in [-0.1, -0.05) is 101 Å². The van der Waals surface area contributed by atoms with Crippen LogP contribution in [0.1, 0.15) is 92.4 Å². The minimum Gasteiger partial charge on any atom is -0.0933 e. The van der Waals surface area contributed by atoms with Gasteiger partial charge in [0.05, 0.1) is 0 Å². The van der Waals surface area contributed by atoms with Crippen molar-refractivity contribution in [3.05, 3.63) is 0 Å². The third-order valence-electron chi connectivity index (χ3n) is 3.29. The second-order valence-electron chi connectivity index (χ2n) is 6.69. The fourth-order valence-corrected chi connectivity index (χ4v) is 4.95. The van der Waals surface area contributed by atoms with E-state index in [1.165, 1.54) is 63.5 Å². The minimum atomic E-state index is 0.404. The molecule has 0 radical (unpaired) electrons. The van der Waals surface area contributed by atoms with Crippen LogP contribution in [0.5, 0.6) is 0 Å². The Balaban J connectivity index is 3.82. The van der Waals surface area contributed by atoms with Crippen LogP contribution in [-0.4, -0.2) is 10.5 Å². The SMILES string of the molecule is CCCCCCC(CCCCC)CSSC(C)(C)C. The van der Waals surface area contributed by atoms with Crippen LogP contribution in [0.3, 0.4) is 0 Å². The van der Waals surface area contributed by atoms with Crippen molar-refractivity contribution in [3.8, 4) is 0 Å². The normalized spacial score (nSPS) is 13.7. The lowest BCUT2D eigenvalue weighted by Gasteiger charge is -2.20. The van der Waals surface area contributed by atoms with E-state index < -0.39 is 0 Å². The number of hydrogen-bond acceptors (Lipinski definition) is 2. The molecule has 0 nitrogen and oxygen atoms in total. The quantitative estimate of drug-likeness (QED) is 0.273. The first-order valence-corrected chi connectivity index (χ1v) is 10.6. The summed E-state index contributed by atoms with van der Waals surface area (Å²) in [6.07, 6.45) is 12.8. The maximum atomic E-state index is 2.32. The van der Waals surface area contributed by atoms with E-state index in [9.17, 15) is 0 Å². The zero-order valence-electron chi connectivity index (χ0n) is 14.0. The summed E-state index contributed by atoms with van der Waals surface area (Å²) < 4.78 is 0.404. The first-order valence-electron chi connectivity index (χ1n) is 8.30. The smallest absolute Gasteiger partial charge is 0.0179 e. The van der Waals surface area contributed by atoms with Crippen LogP contribution in [0.15, 0.2) is 0 Å². The molecule has 0 aliphatic carbocycles. The lowest BCUT2D eigenvalue weighted by atomic mass is 9.96. The molecule has 0 spiro atoms. The van der Waals surface area contributed by atoms with Gasteiger partial charge in [-0.25, -0.2) is 0 Å². The van der Waals surface area contributed by atoms with Crippen molar-refractivity contribution in [2.45, 2.75) is 97.2 Å². The van der Waals surface area contributed by atoms with Gasteiger partial charge in [-0.2, -0.15) is 0 Å². The summed E-state index contributed by atoms with van der Waals surface area (Å²) in [6, 6.07) is 0. The molecular formula is C17H36S2. The monoisotopic (exact) mass is 304 g/mol. The maximum Gasteiger partial charge on any atom is 0.0179 e. The van der Waals surface area contributed by atoms with Gasteiger partial charge in [0.2, 0.25) is 0 Å². The van der Waals surface area contributed by atoms with Crippen LogP contribution in [0.4, 0.5) is 0 Å². The van der Waals surface area contributed by atoms with Crippen molar-refractivity contribution in [2.75, 3.05) is 5.75 Å². The topological polar surface area (TPSA) is 0 Å². The van der Waals surface area contributed by atoms with Gasteiger partial charge < -0.3 is 0 Å². The fourth-order valence-electron chi connectivity index (χ4n) is 2.16. The highest BCUT2D eigenvalue weighted by Gasteiger charge is 2.14. The zero-order chi connectivity index (χ0) is 14.6. The molecule has 0 saturated carbocycles. The Morgan fingerprint density at radius 1 is 0.789 bits per heavy atom. The predicted molar refractivity (Wildman–Crippen MR) is 96.2 cm³/mol. The second kappa shape index (κ2) is 12.4. The van der Waals surface area contributed by atoms with Crippen LogP contribution >= 0.6 is 21.6 Å². The molecule has 2 heteroatoms. The van der Waals surface area contributed by atoms with E-state index >= 15 is 0 Å². The Bertz CT molecular complexity index is 184. The zero-order valence-corrected chi connectivity index (χ0v) is 15.6. The molecule has 1 unspecified atom stereocenters. The molecule has 0 heterocycles. The third kappa shape index (κ3) is 14.9. The molecule has 0 aromatic carbocycles. The Hall–Kier alpha value is 0.700. The van der Waals surface area contributed by atoms with Crippen molar-refractivity contribution >= 4 is 21.6 Å². The van der Waals surface area contributed by atoms with Crippen molar-refractivity contribution in [1.82, 2.24) is 0 Å². The van der Waals surface area contributed by atoms with Gasteiger partial charge in [0, 0.05) is 10.5 Å². The van der Waals surface area contributed by atoms with Crippen molar-refractivity contribution < 1.29 is 0 Å². The average molecular weight is 305 g/mol. The molecule has 0 rings (SSSR count).